The predicted molar refractivity (Wildman–Crippen MR) is 80.2 cm³/mol. The Balaban J connectivity index is 2.46. The van der Waals surface area contributed by atoms with Crippen molar-refractivity contribution >= 4 is 15.7 Å². The average Bonchev–Trinajstić information content (AvgIpc) is 2.52. The highest BCUT2D eigenvalue weighted by molar-refractivity contribution is 7.92. The standard InChI is InChI=1S/C15H11F6NO3S/c1-25-12-2-4-13(5-3-12)26(23,24)22-11-7-9(14(16,17)18)6-10(8-11)15(19,20)21/h2-8,22H,1H3. The third-order valence-corrected chi connectivity index (χ3v) is 4.61. The number of ether oxygens (including phenoxy) is 1. The lowest BCUT2D eigenvalue weighted by Gasteiger charge is -2.15. The Bertz CT molecular complexity index is 857. The van der Waals surface area contributed by atoms with Gasteiger partial charge in [-0.1, -0.05) is 0 Å². The largest absolute Gasteiger partial charge is 0.497 e. The second kappa shape index (κ2) is 6.71. The monoisotopic (exact) mass is 399 g/mol. The van der Waals surface area contributed by atoms with Crippen LogP contribution in [0, 0.1) is 0 Å². The highest BCUT2D eigenvalue weighted by Gasteiger charge is 2.37. The molecule has 0 radical (unpaired) electrons. The van der Waals surface area contributed by atoms with Gasteiger partial charge in [0.25, 0.3) is 10.0 Å². The smallest absolute Gasteiger partial charge is 0.416 e. The van der Waals surface area contributed by atoms with Crippen LogP contribution in [0.3, 0.4) is 0 Å². The summed E-state index contributed by atoms with van der Waals surface area (Å²) >= 11 is 0. The molecule has 0 fully saturated rings. The molecule has 0 aliphatic carbocycles. The normalized spacial score (nSPS) is 12.7. The fourth-order valence-corrected chi connectivity index (χ4v) is 3.02. The van der Waals surface area contributed by atoms with Crippen LogP contribution in [0.2, 0.25) is 0 Å². The lowest BCUT2D eigenvalue weighted by Crippen LogP contribution is -2.16. The van der Waals surface area contributed by atoms with Crippen molar-refractivity contribution in [2.45, 2.75) is 17.2 Å². The maximum atomic E-state index is 12.8. The van der Waals surface area contributed by atoms with E-state index in [2.05, 4.69) is 0 Å². The van der Waals surface area contributed by atoms with Crippen LogP contribution >= 0.6 is 0 Å². The van der Waals surface area contributed by atoms with Crippen molar-refractivity contribution in [1.29, 1.82) is 0 Å². The second-order valence-electron chi connectivity index (χ2n) is 5.08. The average molecular weight is 399 g/mol. The molecule has 142 valence electrons. The zero-order valence-corrected chi connectivity index (χ0v) is 13.8. The minimum absolute atomic E-state index is 0.0921. The highest BCUT2D eigenvalue weighted by Crippen LogP contribution is 2.38. The van der Waals surface area contributed by atoms with Gasteiger partial charge in [-0.05, 0) is 42.5 Å². The summed E-state index contributed by atoms with van der Waals surface area (Å²) in [5.74, 6) is 0.322. The first-order chi connectivity index (χ1) is 11.8. The number of alkyl halides is 6. The molecule has 1 N–H and O–H groups in total. The van der Waals surface area contributed by atoms with Crippen LogP contribution < -0.4 is 9.46 Å². The van der Waals surface area contributed by atoms with Crippen molar-refractivity contribution in [3.8, 4) is 5.75 Å². The Morgan fingerprint density at radius 2 is 1.31 bits per heavy atom. The first-order valence-electron chi connectivity index (χ1n) is 6.79. The molecule has 11 heteroatoms. The Kier molecular flexibility index (Phi) is 5.13. The van der Waals surface area contributed by atoms with Crippen LogP contribution in [0.5, 0.6) is 5.75 Å². The summed E-state index contributed by atoms with van der Waals surface area (Å²) < 4.78 is 108. The number of hydrogen-bond acceptors (Lipinski definition) is 3. The lowest BCUT2D eigenvalue weighted by molar-refractivity contribution is -0.143. The molecular weight excluding hydrogens is 388 g/mol. The Morgan fingerprint density at radius 1 is 0.846 bits per heavy atom. The summed E-state index contributed by atoms with van der Waals surface area (Å²) in [6, 6.07) is 5.24. The van der Waals surface area contributed by atoms with Gasteiger partial charge < -0.3 is 4.74 Å². The first kappa shape index (κ1) is 19.9. The third kappa shape index (κ3) is 4.59. The molecule has 0 bridgehead atoms. The summed E-state index contributed by atoms with van der Waals surface area (Å²) in [6.45, 7) is 0. The van der Waals surface area contributed by atoms with Crippen molar-refractivity contribution < 1.29 is 39.5 Å². The van der Waals surface area contributed by atoms with E-state index < -0.39 is 39.2 Å². The third-order valence-electron chi connectivity index (χ3n) is 3.21. The molecule has 0 heterocycles. The molecule has 0 spiro atoms. The van der Waals surface area contributed by atoms with E-state index in [0.717, 1.165) is 12.1 Å². The first-order valence-corrected chi connectivity index (χ1v) is 8.27. The number of rotatable bonds is 4. The van der Waals surface area contributed by atoms with E-state index in [9.17, 15) is 34.8 Å². The van der Waals surface area contributed by atoms with Gasteiger partial charge in [0.05, 0.1) is 28.8 Å². The van der Waals surface area contributed by atoms with Crippen molar-refractivity contribution in [2.75, 3.05) is 11.8 Å². The molecule has 0 amide bonds. The molecule has 2 rings (SSSR count). The SMILES string of the molecule is COc1ccc(S(=O)(=O)Nc2cc(C(F)(F)F)cc(C(F)(F)F)c2)cc1. The van der Waals surface area contributed by atoms with E-state index >= 15 is 0 Å². The summed E-state index contributed by atoms with van der Waals surface area (Å²) in [4.78, 5) is -0.357. The number of methoxy groups -OCH3 is 1. The summed E-state index contributed by atoms with van der Waals surface area (Å²) in [5, 5.41) is 0. The maximum absolute atomic E-state index is 12.8. The lowest BCUT2D eigenvalue weighted by atomic mass is 10.1. The van der Waals surface area contributed by atoms with Gasteiger partial charge in [-0.2, -0.15) is 26.3 Å². The molecule has 0 saturated heterocycles. The Morgan fingerprint density at radius 3 is 1.69 bits per heavy atom. The van der Waals surface area contributed by atoms with E-state index in [1.165, 1.54) is 19.2 Å². The van der Waals surface area contributed by atoms with Gasteiger partial charge in [0, 0.05) is 0 Å². The molecule has 26 heavy (non-hydrogen) atoms. The summed E-state index contributed by atoms with van der Waals surface area (Å²) in [5.41, 5.74) is -4.11. The zero-order chi connectivity index (χ0) is 19.8. The maximum Gasteiger partial charge on any atom is 0.416 e. The fourth-order valence-electron chi connectivity index (χ4n) is 1.98. The number of benzene rings is 2. The predicted octanol–water partition coefficient (Wildman–Crippen LogP) is 4.53. The van der Waals surface area contributed by atoms with Gasteiger partial charge in [0.1, 0.15) is 5.75 Å². The van der Waals surface area contributed by atoms with Gasteiger partial charge in [0.2, 0.25) is 0 Å². The quantitative estimate of drug-likeness (QED) is 0.769. The Labute approximate surface area is 144 Å². The summed E-state index contributed by atoms with van der Waals surface area (Å²) in [6.07, 6.45) is -10.2. The minimum atomic E-state index is -5.08. The van der Waals surface area contributed by atoms with Crippen molar-refractivity contribution in [1.82, 2.24) is 0 Å². The second-order valence-corrected chi connectivity index (χ2v) is 6.76. The van der Waals surface area contributed by atoms with E-state index in [-0.39, 0.29) is 23.1 Å². The number of hydrogen-bond donors (Lipinski definition) is 1. The van der Waals surface area contributed by atoms with Crippen molar-refractivity contribution in [3.63, 3.8) is 0 Å². The fraction of sp³-hybridized carbons (Fsp3) is 0.200. The highest BCUT2D eigenvalue weighted by atomic mass is 32.2. The molecule has 0 aliphatic rings. The van der Waals surface area contributed by atoms with Crippen LogP contribution in [0.4, 0.5) is 32.0 Å². The van der Waals surface area contributed by atoms with Crippen molar-refractivity contribution in [3.05, 3.63) is 53.6 Å². The van der Waals surface area contributed by atoms with Crippen LogP contribution in [0.1, 0.15) is 11.1 Å². The number of sulfonamides is 1. The van der Waals surface area contributed by atoms with Crippen molar-refractivity contribution in [2.24, 2.45) is 0 Å². The van der Waals surface area contributed by atoms with Crippen LogP contribution in [-0.4, -0.2) is 15.5 Å². The molecule has 0 saturated carbocycles. The molecule has 2 aromatic carbocycles. The Hall–Kier alpha value is -2.43. The van der Waals surface area contributed by atoms with Crippen LogP contribution in [-0.2, 0) is 22.4 Å². The van der Waals surface area contributed by atoms with E-state index in [1.807, 2.05) is 0 Å². The topological polar surface area (TPSA) is 55.4 Å². The minimum Gasteiger partial charge on any atom is -0.497 e. The van der Waals surface area contributed by atoms with Gasteiger partial charge in [-0.15, -0.1) is 0 Å². The molecule has 4 nitrogen and oxygen atoms in total. The number of halogens is 6. The number of nitrogens with one attached hydrogen (secondary N) is 1. The molecule has 0 unspecified atom stereocenters. The van der Waals surface area contributed by atoms with Gasteiger partial charge in [0.15, 0.2) is 0 Å². The van der Waals surface area contributed by atoms with Gasteiger partial charge >= 0.3 is 12.4 Å². The molecule has 2 aromatic rings. The van der Waals surface area contributed by atoms with E-state index in [1.54, 1.807) is 4.72 Å². The van der Waals surface area contributed by atoms with Crippen LogP contribution in [0.25, 0.3) is 0 Å². The molecule has 0 atom stereocenters. The van der Waals surface area contributed by atoms with Gasteiger partial charge in [-0.25, -0.2) is 8.42 Å². The summed E-state index contributed by atoms with van der Waals surface area (Å²) in [7, 11) is -3.07. The van der Waals surface area contributed by atoms with Crippen LogP contribution in [0.15, 0.2) is 47.4 Å². The van der Waals surface area contributed by atoms with E-state index in [0.29, 0.717) is 5.75 Å². The van der Waals surface area contributed by atoms with E-state index in [4.69, 9.17) is 4.74 Å². The van der Waals surface area contributed by atoms with Gasteiger partial charge in [-0.3, -0.25) is 4.72 Å². The zero-order valence-electron chi connectivity index (χ0n) is 12.9. The molecular formula is C15H11F6NO3S. The molecule has 0 aromatic heterocycles. The molecule has 0 aliphatic heterocycles. The number of anilines is 1.